The van der Waals surface area contributed by atoms with Gasteiger partial charge in [-0.3, -0.25) is 19.2 Å². The van der Waals surface area contributed by atoms with E-state index in [1.54, 1.807) is 53.4 Å². The lowest BCUT2D eigenvalue weighted by atomic mass is 9.86. The van der Waals surface area contributed by atoms with Gasteiger partial charge in [-0.2, -0.15) is 0 Å². The Morgan fingerprint density at radius 2 is 1.56 bits per heavy atom. The van der Waals surface area contributed by atoms with Crippen molar-refractivity contribution in [1.82, 2.24) is 15.1 Å². The van der Waals surface area contributed by atoms with E-state index >= 15 is 0 Å². The van der Waals surface area contributed by atoms with Crippen molar-refractivity contribution in [1.29, 1.82) is 0 Å². The van der Waals surface area contributed by atoms with Crippen LogP contribution < -0.4 is 5.32 Å². The third kappa shape index (κ3) is 5.87. The molecule has 2 aliphatic rings. The second-order valence-corrected chi connectivity index (χ2v) is 11.8. The SMILES string of the molecule is CC(C)(C)c1ccc(C(=O)N[C@@H](Cc2ccc(O)cc2)C(=O)N2CC[C@@H]3[C@H]2C(=O)CN3C(=O)c2ccccc2)cc1. The summed E-state index contributed by atoms with van der Waals surface area (Å²) < 4.78 is 0. The number of aromatic hydroxyl groups is 1. The normalized spacial score (nSPS) is 19.1. The van der Waals surface area contributed by atoms with Crippen molar-refractivity contribution in [2.24, 2.45) is 0 Å². The number of ketones is 1. The Bertz CT molecular complexity index is 1440. The first-order valence-corrected chi connectivity index (χ1v) is 13.9. The van der Waals surface area contributed by atoms with Crippen molar-refractivity contribution in [2.75, 3.05) is 13.1 Å². The second kappa shape index (κ2) is 11.2. The van der Waals surface area contributed by atoms with Gasteiger partial charge in [0, 0.05) is 24.1 Å². The molecule has 41 heavy (non-hydrogen) atoms. The molecule has 8 nitrogen and oxygen atoms in total. The number of hydrogen-bond acceptors (Lipinski definition) is 5. The molecule has 3 aromatic carbocycles. The fourth-order valence-electron chi connectivity index (χ4n) is 5.72. The van der Waals surface area contributed by atoms with Crippen LogP contribution in [0.3, 0.4) is 0 Å². The maximum atomic E-state index is 14.0. The molecule has 0 radical (unpaired) electrons. The molecule has 0 aliphatic carbocycles. The van der Waals surface area contributed by atoms with E-state index in [4.69, 9.17) is 0 Å². The largest absolute Gasteiger partial charge is 0.508 e. The standard InChI is InChI=1S/C33H35N3O5/c1-33(2,3)24-13-11-22(12-14-24)30(39)34-26(19-21-9-15-25(37)16-10-21)32(41)35-18-17-27-29(35)28(38)20-36(27)31(40)23-7-5-4-6-8-23/h4-16,26-27,29,37H,17-20H2,1-3H3,(H,34,39)/t26-,27+,29-/m0/s1. The lowest BCUT2D eigenvalue weighted by Gasteiger charge is -2.28. The maximum absolute atomic E-state index is 14.0. The van der Waals surface area contributed by atoms with Crippen LogP contribution in [0, 0.1) is 0 Å². The van der Waals surface area contributed by atoms with Crippen LogP contribution in [0.15, 0.2) is 78.9 Å². The average Bonchev–Trinajstić information content (AvgIpc) is 3.54. The van der Waals surface area contributed by atoms with E-state index < -0.39 is 24.0 Å². The molecule has 2 N–H and O–H groups in total. The molecule has 2 fully saturated rings. The van der Waals surface area contributed by atoms with Crippen LogP contribution in [-0.2, 0) is 21.4 Å². The molecule has 2 aliphatic heterocycles. The van der Waals surface area contributed by atoms with Gasteiger partial charge in [-0.25, -0.2) is 0 Å². The number of carbonyl (C=O) groups is 4. The van der Waals surface area contributed by atoms with Gasteiger partial charge in [0.25, 0.3) is 11.8 Å². The van der Waals surface area contributed by atoms with Gasteiger partial charge in [-0.1, -0.05) is 63.2 Å². The molecule has 5 rings (SSSR count). The molecule has 0 bridgehead atoms. The fraction of sp³-hybridized carbons (Fsp3) is 0.333. The van der Waals surface area contributed by atoms with Crippen LogP contribution in [-0.4, -0.2) is 69.6 Å². The molecule has 2 saturated heterocycles. The Morgan fingerprint density at radius 1 is 0.902 bits per heavy atom. The van der Waals surface area contributed by atoms with Crippen LogP contribution >= 0.6 is 0 Å². The minimum atomic E-state index is -0.945. The smallest absolute Gasteiger partial charge is 0.254 e. The quantitative estimate of drug-likeness (QED) is 0.484. The van der Waals surface area contributed by atoms with E-state index in [0.717, 1.165) is 11.1 Å². The number of fused-ring (bicyclic) bond motifs is 1. The summed E-state index contributed by atoms with van der Waals surface area (Å²) in [6, 6.07) is 20.5. The molecule has 0 aromatic heterocycles. The van der Waals surface area contributed by atoms with Crippen LogP contribution in [0.4, 0.5) is 0 Å². The van der Waals surface area contributed by atoms with Crippen molar-refractivity contribution in [3.8, 4) is 5.75 Å². The first-order chi connectivity index (χ1) is 19.5. The highest BCUT2D eigenvalue weighted by Gasteiger charge is 2.52. The second-order valence-electron chi connectivity index (χ2n) is 11.8. The molecule has 0 saturated carbocycles. The average molecular weight is 554 g/mol. The molecule has 0 unspecified atom stereocenters. The third-order valence-electron chi connectivity index (χ3n) is 7.98. The van der Waals surface area contributed by atoms with Crippen molar-refractivity contribution < 1.29 is 24.3 Å². The molecule has 3 aromatic rings. The van der Waals surface area contributed by atoms with Gasteiger partial charge in [0.2, 0.25) is 5.91 Å². The van der Waals surface area contributed by atoms with Gasteiger partial charge >= 0.3 is 0 Å². The zero-order valence-corrected chi connectivity index (χ0v) is 23.5. The van der Waals surface area contributed by atoms with Crippen LogP contribution in [0.5, 0.6) is 5.75 Å². The Balaban J connectivity index is 1.37. The van der Waals surface area contributed by atoms with E-state index in [0.29, 0.717) is 24.1 Å². The number of likely N-dealkylation sites (tertiary alicyclic amines) is 2. The van der Waals surface area contributed by atoms with Crippen LogP contribution in [0.1, 0.15) is 59.0 Å². The molecule has 8 heteroatoms. The number of carbonyl (C=O) groups excluding carboxylic acids is 4. The molecule has 212 valence electrons. The Kier molecular flexibility index (Phi) is 7.67. The first kappa shape index (κ1) is 28.1. The van der Waals surface area contributed by atoms with Gasteiger partial charge in [-0.15, -0.1) is 0 Å². The van der Waals surface area contributed by atoms with Gasteiger partial charge in [0.05, 0.1) is 12.6 Å². The van der Waals surface area contributed by atoms with E-state index in [9.17, 15) is 24.3 Å². The molecule has 2 heterocycles. The molecule has 3 atom stereocenters. The number of benzene rings is 3. The molecule has 3 amide bonds. The highest BCUT2D eigenvalue weighted by atomic mass is 16.3. The van der Waals surface area contributed by atoms with Gasteiger partial charge in [0.1, 0.15) is 17.8 Å². The number of Topliss-reactive ketones (excluding diaryl/α,β-unsaturated/α-hetero) is 1. The Morgan fingerprint density at radius 3 is 2.20 bits per heavy atom. The predicted molar refractivity (Wildman–Crippen MR) is 155 cm³/mol. The lowest BCUT2D eigenvalue weighted by Crippen LogP contribution is -2.53. The number of hydrogen-bond donors (Lipinski definition) is 2. The van der Waals surface area contributed by atoms with E-state index in [2.05, 4.69) is 26.1 Å². The fourth-order valence-corrected chi connectivity index (χ4v) is 5.72. The lowest BCUT2D eigenvalue weighted by molar-refractivity contribution is -0.138. The maximum Gasteiger partial charge on any atom is 0.254 e. The number of amides is 3. The van der Waals surface area contributed by atoms with Crippen molar-refractivity contribution in [3.05, 3.63) is 101 Å². The minimum absolute atomic E-state index is 0.0536. The number of phenols is 1. The zero-order chi connectivity index (χ0) is 29.3. The number of phenolic OH excluding ortho intramolecular Hbond substituents is 1. The highest BCUT2D eigenvalue weighted by Crippen LogP contribution is 2.32. The number of rotatable bonds is 6. The predicted octanol–water partition coefficient (Wildman–Crippen LogP) is 3.73. The Hall–Kier alpha value is -4.46. The summed E-state index contributed by atoms with van der Waals surface area (Å²) in [5.41, 5.74) is 2.70. The summed E-state index contributed by atoms with van der Waals surface area (Å²) in [5.74, 6) is -1.07. The summed E-state index contributed by atoms with van der Waals surface area (Å²) in [6.45, 7) is 6.53. The van der Waals surface area contributed by atoms with E-state index in [1.807, 2.05) is 18.2 Å². The summed E-state index contributed by atoms with van der Waals surface area (Å²) in [5, 5.41) is 12.6. The Labute approximate surface area is 240 Å². The third-order valence-corrected chi connectivity index (χ3v) is 7.98. The summed E-state index contributed by atoms with van der Waals surface area (Å²) in [7, 11) is 0. The molecular weight excluding hydrogens is 518 g/mol. The van der Waals surface area contributed by atoms with Crippen LogP contribution in [0.25, 0.3) is 0 Å². The van der Waals surface area contributed by atoms with Crippen molar-refractivity contribution in [2.45, 2.75) is 57.2 Å². The van der Waals surface area contributed by atoms with Gasteiger partial charge < -0.3 is 20.2 Å². The monoisotopic (exact) mass is 553 g/mol. The molecular formula is C33H35N3O5. The highest BCUT2D eigenvalue weighted by molar-refractivity contribution is 6.03. The minimum Gasteiger partial charge on any atom is -0.508 e. The zero-order valence-electron chi connectivity index (χ0n) is 23.5. The van der Waals surface area contributed by atoms with Crippen molar-refractivity contribution in [3.63, 3.8) is 0 Å². The summed E-state index contributed by atoms with van der Waals surface area (Å²) in [4.78, 5) is 56.8. The van der Waals surface area contributed by atoms with E-state index in [1.165, 1.54) is 17.0 Å². The number of nitrogens with one attached hydrogen (secondary N) is 1. The topological polar surface area (TPSA) is 107 Å². The van der Waals surface area contributed by atoms with Crippen LogP contribution in [0.2, 0.25) is 0 Å². The van der Waals surface area contributed by atoms with E-state index in [-0.39, 0.29) is 41.7 Å². The number of nitrogens with zero attached hydrogens (tertiary/aromatic N) is 2. The molecule has 0 spiro atoms. The van der Waals surface area contributed by atoms with Gasteiger partial charge in [0.15, 0.2) is 5.78 Å². The van der Waals surface area contributed by atoms with Crippen molar-refractivity contribution >= 4 is 23.5 Å². The van der Waals surface area contributed by atoms with Gasteiger partial charge in [-0.05, 0) is 59.4 Å². The first-order valence-electron chi connectivity index (χ1n) is 13.9. The summed E-state index contributed by atoms with van der Waals surface area (Å²) in [6.07, 6.45) is 0.661. The summed E-state index contributed by atoms with van der Waals surface area (Å²) >= 11 is 0.